The highest BCUT2D eigenvalue weighted by atomic mass is 35.5. The van der Waals surface area contributed by atoms with Crippen LogP contribution < -0.4 is 5.73 Å². The van der Waals surface area contributed by atoms with Gasteiger partial charge in [-0.2, -0.15) is 0 Å². The van der Waals surface area contributed by atoms with E-state index >= 15 is 0 Å². The van der Waals surface area contributed by atoms with Gasteiger partial charge in [-0.3, -0.25) is 9.78 Å². The van der Waals surface area contributed by atoms with E-state index in [1.165, 1.54) is 0 Å². The van der Waals surface area contributed by atoms with Crippen molar-refractivity contribution in [2.75, 3.05) is 0 Å². The molecule has 1 aromatic heterocycles. The van der Waals surface area contributed by atoms with Crippen LogP contribution in [0.5, 0.6) is 0 Å². The van der Waals surface area contributed by atoms with Gasteiger partial charge in [-0.1, -0.05) is 29.8 Å². The number of amides is 1. The first-order valence-corrected chi connectivity index (χ1v) is 6.42. The molecule has 18 heavy (non-hydrogen) atoms. The van der Waals surface area contributed by atoms with E-state index in [-0.39, 0.29) is 11.8 Å². The molecule has 0 bridgehead atoms. The molecule has 1 heterocycles. The van der Waals surface area contributed by atoms with Gasteiger partial charge in [0.15, 0.2) is 0 Å². The zero-order chi connectivity index (χ0) is 12.7. The lowest BCUT2D eigenvalue weighted by molar-refractivity contribution is -0.119. The van der Waals surface area contributed by atoms with Crippen molar-refractivity contribution >= 4 is 28.4 Å². The van der Waals surface area contributed by atoms with Crippen LogP contribution in [0.25, 0.3) is 10.9 Å². The summed E-state index contributed by atoms with van der Waals surface area (Å²) in [7, 11) is 0. The zero-order valence-electron chi connectivity index (χ0n) is 9.82. The predicted molar refractivity (Wildman–Crippen MR) is 71.6 cm³/mol. The number of hydrogen-bond donors (Lipinski definition) is 1. The molecule has 1 aliphatic carbocycles. The minimum absolute atomic E-state index is 0.293. The predicted octanol–water partition coefficient (Wildman–Crippen LogP) is 2.79. The Balaban J connectivity index is 2.32. The largest absolute Gasteiger partial charge is 0.369 e. The quantitative estimate of drug-likeness (QED) is 0.857. The van der Waals surface area contributed by atoms with Crippen molar-refractivity contribution in [3.8, 4) is 0 Å². The standard InChI is InChI=1S/C14H13ClN2O/c15-13-8-4-1-2-6-10(8)17-11-7-3-5-9(12(11)13)14(16)18/h1-2,4,6,9H,3,5,7H2,(H2,16,18). The Hall–Kier alpha value is -1.61. The number of aromatic nitrogens is 1. The Morgan fingerprint density at radius 3 is 2.94 bits per heavy atom. The normalized spacial score (nSPS) is 18.6. The number of carbonyl (C=O) groups excluding carboxylic acids is 1. The van der Waals surface area contributed by atoms with E-state index in [0.29, 0.717) is 5.02 Å². The van der Waals surface area contributed by atoms with Crippen LogP contribution in [0.2, 0.25) is 5.02 Å². The molecule has 1 aromatic carbocycles. The fourth-order valence-electron chi connectivity index (χ4n) is 2.68. The number of halogens is 1. The van der Waals surface area contributed by atoms with Crippen molar-refractivity contribution in [2.24, 2.45) is 5.73 Å². The summed E-state index contributed by atoms with van der Waals surface area (Å²) in [4.78, 5) is 16.2. The van der Waals surface area contributed by atoms with Crippen LogP contribution in [0, 0.1) is 0 Å². The number of carbonyl (C=O) groups is 1. The zero-order valence-corrected chi connectivity index (χ0v) is 10.6. The number of pyridine rings is 1. The van der Waals surface area contributed by atoms with E-state index in [2.05, 4.69) is 4.98 Å². The topological polar surface area (TPSA) is 56.0 Å². The molecule has 92 valence electrons. The molecule has 1 atom stereocenters. The van der Waals surface area contributed by atoms with Crippen LogP contribution in [-0.4, -0.2) is 10.9 Å². The molecule has 0 saturated carbocycles. The summed E-state index contributed by atoms with van der Waals surface area (Å²) >= 11 is 6.45. The van der Waals surface area contributed by atoms with E-state index in [1.54, 1.807) is 0 Å². The summed E-state index contributed by atoms with van der Waals surface area (Å²) in [6.07, 6.45) is 2.56. The lowest BCUT2D eigenvalue weighted by Crippen LogP contribution is -2.26. The molecule has 0 spiro atoms. The summed E-state index contributed by atoms with van der Waals surface area (Å²) in [6, 6.07) is 7.73. The summed E-state index contributed by atoms with van der Waals surface area (Å²) in [6.45, 7) is 0. The van der Waals surface area contributed by atoms with Crippen molar-refractivity contribution < 1.29 is 4.79 Å². The molecule has 4 heteroatoms. The first kappa shape index (κ1) is 11.5. The van der Waals surface area contributed by atoms with Gasteiger partial charge in [-0.15, -0.1) is 0 Å². The molecule has 1 aliphatic rings. The Morgan fingerprint density at radius 1 is 1.39 bits per heavy atom. The molecule has 1 unspecified atom stereocenters. The third-order valence-electron chi connectivity index (χ3n) is 3.54. The Bertz CT molecular complexity index is 639. The van der Waals surface area contributed by atoms with Crippen molar-refractivity contribution in [2.45, 2.75) is 25.2 Å². The van der Waals surface area contributed by atoms with E-state index < -0.39 is 0 Å². The minimum Gasteiger partial charge on any atom is -0.369 e. The maximum atomic E-state index is 11.5. The lowest BCUT2D eigenvalue weighted by atomic mass is 9.84. The van der Waals surface area contributed by atoms with E-state index in [9.17, 15) is 4.79 Å². The highest BCUT2D eigenvalue weighted by molar-refractivity contribution is 6.36. The van der Waals surface area contributed by atoms with Gasteiger partial charge in [-0.05, 0) is 25.3 Å². The third kappa shape index (κ3) is 1.66. The molecule has 1 amide bonds. The molecule has 2 N–H and O–H groups in total. The van der Waals surface area contributed by atoms with Gasteiger partial charge in [0.1, 0.15) is 0 Å². The average molecular weight is 261 g/mol. The molecule has 3 nitrogen and oxygen atoms in total. The summed E-state index contributed by atoms with van der Waals surface area (Å²) in [5, 5.41) is 1.53. The van der Waals surface area contributed by atoms with Gasteiger partial charge in [0.2, 0.25) is 5.91 Å². The van der Waals surface area contributed by atoms with E-state index in [4.69, 9.17) is 17.3 Å². The van der Waals surface area contributed by atoms with Crippen molar-refractivity contribution in [3.63, 3.8) is 0 Å². The molecule has 0 saturated heterocycles. The fourth-order valence-corrected chi connectivity index (χ4v) is 3.08. The summed E-state index contributed by atoms with van der Waals surface area (Å²) in [5.41, 5.74) is 8.12. The van der Waals surface area contributed by atoms with Crippen LogP contribution in [-0.2, 0) is 11.2 Å². The Labute approximate surface area is 110 Å². The number of nitrogens with two attached hydrogens (primary N) is 1. The number of aryl methyl sites for hydroxylation is 1. The SMILES string of the molecule is NC(=O)C1CCCc2nc3ccccc3c(Cl)c21. The van der Waals surface area contributed by atoms with Crippen LogP contribution >= 0.6 is 11.6 Å². The fraction of sp³-hybridized carbons (Fsp3) is 0.286. The van der Waals surface area contributed by atoms with Gasteiger partial charge >= 0.3 is 0 Å². The minimum atomic E-state index is -0.310. The molecular formula is C14H13ClN2O. The highest BCUT2D eigenvalue weighted by Crippen LogP contribution is 2.38. The second-order valence-corrected chi connectivity index (χ2v) is 5.03. The number of rotatable bonds is 1. The van der Waals surface area contributed by atoms with Gasteiger partial charge in [0.05, 0.1) is 16.5 Å². The maximum absolute atomic E-state index is 11.5. The average Bonchev–Trinajstić information content (AvgIpc) is 2.38. The first-order chi connectivity index (χ1) is 8.68. The number of primary amides is 1. The Morgan fingerprint density at radius 2 is 2.17 bits per heavy atom. The number of hydrogen-bond acceptors (Lipinski definition) is 2. The maximum Gasteiger partial charge on any atom is 0.225 e. The lowest BCUT2D eigenvalue weighted by Gasteiger charge is -2.24. The molecule has 3 rings (SSSR count). The molecular weight excluding hydrogens is 248 g/mol. The van der Waals surface area contributed by atoms with E-state index in [1.807, 2.05) is 24.3 Å². The van der Waals surface area contributed by atoms with Crippen LogP contribution in [0.1, 0.15) is 30.0 Å². The third-order valence-corrected chi connectivity index (χ3v) is 3.95. The molecule has 0 fully saturated rings. The summed E-state index contributed by atoms with van der Waals surface area (Å²) in [5.74, 6) is -0.603. The van der Waals surface area contributed by atoms with Gasteiger partial charge in [0.25, 0.3) is 0 Å². The first-order valence-electron chi connectivity index (χ1n) is 6.05. The monoisotopic (exact) mass is 260 g/mol. The van der Waals surface area contributed by atoms with Crippen LogP contribution in [0.4, 0.5) is 0 Å². The van der Waals surface area contributed by atoms with Crippen LogP contribution in [0.15, 0.2) is 24.3 Å². The smallest absolute Gasteiger partial charge is 0.225 e. The van der Waals surface area contributed by atoms with Gasteiger partial charge in [-0.25, -0.2) is 0 Å². The second-order valence-electron chi connectivity index (χ2n) is 4.65. The van der Waals surface area contributed by atoms with Crippen molar-refractivity contribution in [3.05, 3.63) is 40.5 Å². The van der Waals surface area contributed by atoms with Gasteiger partial charge in [0, 0.05) is 16.6 Å². The van der Waals surface area contributed by atoms with Gasteiger partial charge < -0.3 is 5.73 Å². The highest BCUT2D eigenvalue weighted by Gasteiger charge is 2.29. The van der Waals surface area contributed by atoms with Crippen molar-refractivity contribution in [1.29, 1.82) is 0 Å². The summed E-state index contributed by atoms with van der Waals surface area (Å²) < 4.78 is 0. The number of fused-ring (bicyclic) bond motifs is 2. The molecule has 0 radical (unpaired) electrons. The number of benzene rings is 1. The molecule has 0 aliphatic heterocycles. The Kier molecular flexibility index (Phi) is 2.71. The number of para-hydroxylation sites is 1. The molecule has 2 aromatic rings. The van der Waals surface area contributed by atoms with Crippen LogP contribution in [0.3, 0.4) is 0 Å². The van der Waals surface area contributed by atoms with E-state index in [0.717, 1.165) is 41.4 Å². The number of nitrogens with zero attached hydrogens (tertiary/aromatic N) is 1. The van der Waals surface area contributed by atoms with Crippen molar-refractivity contribution in [1.82, 2.24) is 4.98 Å². The second kappa shape index (κ2) is 4.25.